The number of aromatic nitrogens is 2. The molecule has 2 aromatic rings. The molecule has 22 heavy (non-hydrogen) atoms. The van der Waals surface area contributed by atoms with Gasteiger partial charge in [0, 0.05) is 36.5 Å². The number of halogens is 1. The van der Waals surface area contributed by atoms with Gasteiger partial charge < -0.3 is 9.32 Å². The molecule has 0 aliphatic carbocycles. The van der Waals surface area contributed by atoms with Crippen molar-refractivity contribution in [3.63, 3.8) is 0 Å². The van der Waals surface area contributed by atoms with Gasteiger partial charge in [0.2, 0.25) is 17.7 Å². The van der Waals surface area contributed by atoms with Crippen LogP contribution in [0, 0.1) is 0 Å². The molecule has 1 amide bonds. The molecule has 1 aliphatic rings. The lowest BCUT2D eigenvalue weighted by atomic mass is 10.1. The third kappa shape index (κ3) is 3.65. The highest BCUT2D eigenvalue weighted by molar-refractivity contribution is 6.30. The normalized spacial score (nSPS) is 15.0. The van der Waals surface area contributed by atoms with Crippen LogP contribution < -0.4 is 0 Å². The summed E-state index contributed by atoms with van der Waals surface area (Å²) in [7, 11) is 0. The largest absolute Gasteiger partial charge is 0.421 e. The van der Waals surface area contributed by atoms with E-state index in [4.69, 9.17) is 16.0 Å². The van der Waals surface area contributed by atoms with E-state index >= 15 is 0 Å². The molecule has 0 unspecified atom stereocenters. The highest BCUT2D eigenvalue weighted by atomic mass is 35.5. The fourth-order valence-electron chi connectivity index (χ4n) is 2.58. The van der Waals surface area contributed by atoms with Crippen LogP contribution >= 0.6 is 11.6 Å². The van der Waals surface area contributed by atoms with Crippen molar-refractivity contribution in [3.8, 4) is 11.5 Å². The van der Waals surface area contributed by atoms with Crippen molar-refractivity contribution >= 4 is 17.5 Å². The van der Waals surface area contributed by atoms with E-state index in [-0.39, 0.29) is 5.91 Å². The molecule has 0 N–H and O–H groups in total. The third-order valence-corrected chi connectivity index (χ3v) is 4.07. The topological polar surface area (TPSA) is 59.2 Å². The number of hydrogen-bond acceptors (Lipinski definition) is 4. The molecule has 0 atom stereocenters. The van der Waals surface area contributed by atoms with Crippen molar-refractivity contribution < 1.29 is 9.21 Å². The van der Waals surface area contributed by atoms with Crippen LogP contribution in [-0.2, 0) is 11.2 Å². The number of carbonyl (C=O) groups is 1. The SMILES string of the molecule is O=C(CCc1nnc(-c2ccc(Cl)cc2)o1)N1CCCCC1. The average Bonchev–Trinajstić information content (AvgIpc) is 3.03. The number of benzene rings is 1. The Hall–Kier alpha value is -1.88. The number of rotatable bonds is 4. The van der Waals surface area contributed by atoms with E-state index < -0.39 is 0 Å². The van der Waals surface area contributed by atoms with E-state index in [0.29, 0.717) is 29.6 Å². The minimum Gasteiger partial charge on any atom is -0.421 e. The molecule has 2 heterocycles. The average molecular weight is 320 g/mol. The second kappa shape index (κ2) is 6.92. The van der Waals surface area contributed by atoms with Crippen molar-refractivity contribution in [2.45, 2.75) is 32.1 Å². The Bertz CT molecular complexity index is 633. The smallest absolute Gasteiger partial charge is 0.247 e. The summed E-state index contributed by atoms with van der Waals surface area (Å²) in [5.41, 5.74) is 0.825. The van der Waals surface area contributed by atoms with Crippen molar-refractivity contribution in [2.24, 2.45) is 0 Å². The first-order chi connectivity index (χ1) is 10.7. The second-order valence-electron chi connectivity index (χ2n) is 5.45. The van der Waals surface area contributed by atoms with Crippen molar-refractivity contribution in [2.75, 3.05) is 13.1 Å². The van der Waals surface area contributed by atoms with Gasteiger partial charge in [-0.05, 0) is 43.5 Å². The number of likely N-dealkylation sites (tertiary alicyclic amines) is 1. The van der Waals surface area contributed by atoms with Gasteiger partial charge in [-0.3, -0.25) is 4.79 Å². The molecule has 3 rings (SSSR count). The van der Waals surface area contributed by atoms with E-state index in [0.717, 1.165) is 31.5 Å². The molecule has 0 bridgehead atoms. The molecule has 1 aromatic heterocycles. The van der Waals surface area contributed by atoms with Gasteiger partial charge in [-0.25, -0.2) is 0 Å². The highest BCUT2D eigenvalue weighted by Gasteiger charge is 2.17. The van der Waals surface area contributed by atoms with E-state index in [1.54, 1.807) is 12.1 Å². The molecular weight excluding hydrogens is 302 g/mol. The summed E-state index contributed by atoms with van der Waals surface area (Å²) in [6.07, 6.45) is 4.33. The molecule has 0 saturated carbocycles. The maximum Gasteiger partial charge on any atom is 0.247 e. The molecule has 1 aliphatic heterocycles. The number of piperidine rings is 1. The Kier molecular flexibility index (Phi) is 4.73. The van der Waals surface area contributed by atoms with Gasteiger partial charge >= 0.3 is 0 Å². The first-order valence-electron chi connectivity index (χ1n) is 7.58. The number of aryl methyl sites for hydroxylation is 1. The van der Waals surface area contributed by atoms with Crippen LogP contribution in [-0.4, -0.2) is 34.1 Å². The van der Waals surface area contributed by atoms with Crippen molar-refractivity contribution in [3.05, 3.63) is 35.2 Å². The number of nitrogens with zero attached hydrogens (tertiary/aromatic N) is 3. The zero-order valence-electron chi connectivity index (χ0n) is 12.3. The quantitative estimate of drug-likeness (QED) is 0.867. The lowest BCUT2D eigenvalue weighted by molar-refractivity contribution is -0.132. The standard InChI is InChI=1S/C16H18ClN3O2/c17-13-6-4-12(5-7-13)16-19-18-14(22-16)8-9-15(21)20-10-2-1-3-11-20/h4-7H,1-3,8-11H2. The molecule has 1 saturated heterocycles. The van der Waals surface area contributed by atoms with E-state index in [1.165, 1.54) is 6.42 Å². The summed E-state index contributed by atoms with van der Waals surface area (Å²) in [5.74, 6) is 1.12. The van der Waals surface area contributed by atoms with E-state index in [9.17, 15) is 4.79 Å². The summed E-state index contributed by atoms with van der Waals surface area (Å²) in [6, 6.07) is 7.22. The van der Waals surface area contributed by atoms with Crippen LogP contribution in [0.2, 0.25) is 5.02 Å². The minimum atomic E-state index is 0.172. The Labute approximate surface area is 134 Å². The molecule has 0 radical (unpaired) electrons. The monoisotopic (exact) mass is 319 g/mol. The molecule has 116 valence electrons. The Morgan fingerprint density at radius 3 is 2.59 bits per heavy atom. The lowest BCUT2D eigenvalue weighted by Gasteiger charge is -2.26. The van der Waals surface area contributed by atoms with Crippen molar-refractivity contribution in [1.29, 1.82) is 0 Å². The molecule has 1 fully saturated rings. The predicted molar refractivity (Wildman–Crippen MR) is 83.5 cm³/mol. The Morgan fingerprint density at radius 1 is 1.14 bits per heavy atom. The number of amides is 1. The van der Waals surface area contributed by atoms with Crippen LogP contribution in [0.1, 0.15) is 31.6 Å². The van der Waals surface area contributed by atoms with Gasteiger partial charge in [0.15, 0.2) is 0 Å². The zero-order chi connectivity index (χ0) is 15.4. The molecular formula is C16H18ClN3O2. The van der Waals surface area contributed by atoms with E-state index in [2.05, 4.69) is 10.2 Å². The van der Waals surface area contributed by atoms with Crippen LogP contribution in [0.25, 0.3) is 11.5 Å². The van der Waals surface area contributed by atoms with Gasteiger partial charge in [0.1, 0.15) is 0 Å². The zero-order valence-corrected chi connectivity index (χ0v) is 13.1. The molecule has 1 aromatic carbocycles. The Morgan fingerprint density at radius 2 is 1.86 bits per heavy atom. The van der Waals surface area contributed by atoms with Gasteiger partial charge in [-0.15, -0.1) is 10.2 Å². The van der Waals surface area contributed by atoms with Crippen LogP contribution in [0.5, 0.6) is 0 Å². The van der Waals surface area contributed by atoms with Crippen LogP contribution in [0.3, 0.4) is 0 Å². The van der Waals surface area contributed by atoms with Gasteiger partial charge in [-0.2, -0.15) is 0 Å². The van der Waals surface area contributed by atoms with Crippen molar-refractivity contribution in [1.82, 2.24) is 15.1 Å². The first-order valence-corrected chi connectivity index (χ1v) is 7.96. The fraction of sp³-hybridized carbons (Fsp3) is 0.438. The number of hydrogen-bond donors (Lipinski definition) is 0. The summed E-state index contributed by atoms with van der Waals surface area (Å²) in [5, 5.41) is 8.70. The van der Waals surface area contributed by atoms with Crippen LogP contribution in [0.4, 0.5) is 0 Å². The fourth-order valence-corrected chi connectivity index (χ4v) is 2.71. The number of carbonyl (C=O) groups excluding carboxylic acids is 1. The summed E-state index contributed by atoms with van der Waals surface area (Å²) >= 11 is 5.85. The molecule has 0 spiro atoms. The van der Waals surface area contributed by atoms with E-state index in [1.807, 2.05) is 17.0 Å². The molecule has 5 nitrogen and oxygen atoms in total. The van der Waals surface area contributed by atoms with Gasteiger partial charge in [-0.1, -0.05) is 11.6 Å². The summed E-state index contributed by atoms with van der Waals surface area (Å²) in [4.78, 5) is 14.0. The van der Waals surface area contributed by atoms with Crippen LogP contribution in [0.15, 0.2) is 28.7 Å². The second-order valence-corrected chi connectivity index (χ2v) is 5.89. The maximum atomic E-state index is 12.1. The minimum absolute atomic E-state index is 0.172. The molecule has 6 heteroatoms. The highest BCUT2D eigenvalue weighted by Crippen LogP contribution is 2.20. The third-order valence-electron chi connectivity index (χ3n) is 3.82. The van der Waals surface area contributed by atoms with Gasteiger partial charge in [0.25, 0.3) is 0 Å². The summed E-state index contributed by atoms with van der Waals surface area (Å²) in [6.45, 7) is 1.75. The summed E-state index contributed by atoms with van der Waals surface area (Å²) < 4.78 is 5.61. The first kappa shape index (κ1) is 15.0. The predicted octanol–water partition coefficient (Wildman–Crippen LogP) is 3.34. The Balaban J connectivity index is 1.57. The van der Waals surface area contributed by atoms with Gasteiger partial charge in [0.05, 0.1) is 0 Å². The lowest BCUT2D eigenvalue weighted by Crippen LogP contribution is -2.35. The maximum absolute atomic E-state index is 12.1.